The molecule has 0 fully saturated rings. The smallest absolute Gasteiger partial charge is 0.331 e. The number of benzene rings is 1. The molecule has 0 heterocycles. The van der Waals surface area contributed by atoms with E-state index in [2.05, 4.69) is 36.1 Å². The maximum absolute atomic E-state index is 11.9. The van der Waals surface area contributed by atoms with Crippen molar-refractivity contribution in [1.82, 2.24) is 5.32 Å². The minimum atomic E-state index is -1.08. The Bertz CT molecular complexity index is 513. The summed E-state index contributed by atoms with van der Waals surface area (Å²) in [5.74, 6) is -0.499. The molecule has 0 aliphatic heterocycles. The van der Waals surface area contributed by atoms with E-state index in [4.69, 9.17) is 0 Å². The van der Waals surface area contributed by atoms with Crippen molar-refractivity contribution in [1.29, 1.82) is 0 Å². The van der Waals surface area contributed by atoms with Crippen LogP contribution in [0.1, 0.15) is 40.2 Å². The van der Waals surface area contributed by atoms with E-state index in [9.17, 15) is 9.59 Å². The Morgan fingerprint density at radius 1 is 1.00 bits per heavy atom. The number of hydrogen-bond acceptors (Lipinski definition) is 3. The number of hydrogen-bond donors (Lipinski definition) is 2. The SMILES string of the molecule is COC(=O)C(C)(C)NC(=O)Nc1ccc(C(C)(C)C)cc1. The van der Waals surface area contributed by atoms with Crippen molar-refractivity contribution in [2.45, 2.75) is 45.6 Å². The zero-order valence-corrected chi connectivity index (χ0v) is 13.5. The molecular weight excluding hydrogens is 268 g/mol. The van der Waals surface area contributed by atoms with Gasteiger partial charge in [-0.3, -0.25) is 0 Å². The van der Waals surface area contributed by atoms with Gasteiger partial charge in [0.1, 0.15) is 5.54 Å². The fraction of sp³-hybridized carbons (Fsp3) is 0.500. The van der Waals surface area contributed by atoms with Crippen molar-refractivity contribution in [3.8, 4) is 0 Å². The maximum atomic E-state index is 11.9. The van der Waals surface area contributed by atoms with Gasteiger partial charge in [0.15, 0.2) is 0 Å². The number of nitrogens with one attached hydrogen (secondary N) is 2. The quantitative estimate of drug-likeness (QED) is 0.841. The topological polar surface area (TPSA) is 67.4 Å². The number of carbonyl (C=O) groups is 2. The zero-order chi connectivity index (χ0) is 16.3. The Labute approximate surface area is 126 Å². The lowest BCUT2D eigenvalue weighted by molar-refractivity contribution is -0.146. The van der Waals surface area contributed by atoms with Gasteiger partial charge in [-0.2, -0.15) is 0 Å². The van der Waals surface area contributed by atoms with E-state index < -0.39 is 17.5 Å². The Balaban J connectivity index is 2.70. The van der Waals surface area contributed by atoms with E-state index >= 15 is 0 Å². The third-order valence-electron chi connectivity index (χ3n) is 3.13. The Hall–Kier alpha value is -2.04. The molecule has 5 heteroatoms. The lowest BCUT2D eigenvalue weighted by atomic mass is 9.87. The molecule has 1 rings (SSSR count). The molecule has 0 spiro atoms. The highest BCUT2D eigenvalue weighted by Crippen LogP contribution is 2.23. The van der Waals surface area contributed by atoms with E-state index in [1.165, 1.54) is 12.7 Å². The second-order valence-electron chi connectivity index (χ2n) is 6.52. The van der Waals surface area contributed by atoms with Crippen LogP contribution >= 0.6 is 0 Å². The molecule has 0 unspecified atom stereocenters. The van der Waals surface area contributed by atoms with Gasteiger partial charge in [0.25, 0.3) is 0 Å². The fourth-order valence-corrected chi connectivity index (χ4v) is 1.81. The van der Waals surface area contributed by atoms with Crippen LogP contribution in [-0.2, 0) is 14.9 Å². The van der Waals surface area contributed by atoms with Crippen LogP contribution in [0.25, 0.3) is 0 Å². The number of carbonyl (C=O) groups excluding carboxylic acids is 2. The largest absolute Gasteiger partial charge is 0.467 e. The van der Waals surface area contributed by atoms with Crippen LogP contribution in [0.15, 0.2) is 24.3 Å². The van der Waals surface area contributed by atoms with E-state index in [-0.39, 0.29) is 5.41 Å². The van der Waals surface area contributed by atoms with Crippen molar-refractivity contribution < 1.29 is 14.3 Å². The summed E-state index contributed by atoms with van der Waals surface area (Å²) in [4.78, 5) is 23.4. The van der Waals surface area contributed by atoms with Gasteiger partial charge in [-0.25, -0.2) is 9.59 Å². The van der Waals surface area contributed by atoms with Gasteiger partial charge in [-0.05, 0) is 37.0 Å². The second kappa shape index (κ2) is 6.16. The lowest BCUT2D eigenvalue weighted by Crippen LogP contribution is -2.51. The molecule has 5 nitrogen and oxygen atoms in total. The van der Waals surface area contributed by atoms with Gasteiger partial charge in [-0.1, -0.05) is 32.9 Å². The highest BCUT2D eigenvalue weighted by molar-refractivity contribution is 5.93. The van der Waals surface area contributed by atoms with E-state index in [1.807, 2.05) is 24.3 Å². The molecule has 1 aromatic rings. The van der Waals surface area contributed by atoms with E-state index in [1.54, 1.807) is 13.8 Å². The average molecular weight is 292 g/mol. The van der Waals surface area contributed by atoms with Crippen LogP contribution in [-0.4, -0.2) is 24.6 Å². The van der Waals surface area contributed by atoms with Crippen molar-refractivity contribution >= 4 is 17.7 Å². The molecule has 0 bridgehead atoms. The summed E-state index contributed by atoms with van der Waals surface area (Å²) in [7, 11) is 1.29. The Morgan fingerprint density at radius 3 is 1.95 bits per heavy atom. The molecule has 0 saturated carbocycles. The number of amides is 2. The van der Waals surface area contributed by atoms with Gasteiger partial charge in [-0.15, -0.1) is 0 Å². The number of esters is 1. The summed E-state index contributed by atoms with van der Waals surface area (Å²) in [6.07, 6.45) is 0. The molecule has 1 aromatic carbocycles. The molecule has 0 radical (unpaired) electrons. The van der Waals surface area contributed by atoms with Crippen LogP contribution in [0.2, 0.25) is 0 Å². The second-order valence-corrected chi connectivity index (χ2v) is 6.52. The molecule has 0 atom stereocenters. The predicted molar refractivity (Wildman–Crippen MR) is 83.4 cm³/mol. The van der Waals surface area contributed by atoms with E-state index in [0.29, 0.717) is 5.69 Å². The van der Waals surface area contributed by atoms with Crippen LogP contribution in [0.5, 0.6) is 0 Å². The van der Waals surface area contributed by atoms with Crippen LogP contribution in [0.3, 0.4) is 0 Å². The van der Waals surface area contributed by atoms with E-state index in [0.717, 1.165) is 0 Å². The van der Waals surface area contributed by atoms with Crippen molar-refractivity contribution in [3.05, 3.63) is 29.8 Å². The van der Waals surface area contributed by atoms with Crippen molar-refractivity contribution in [3.63, 3.8) is 0 Å². The molecule has 21 heavy (non-hydrogen) atoms. The third kappa shape index (κ3) is 4.77. The number of ether oxygens (including phenoxy) is 1. The van der Waals surface area contributed by atoms with Crippen LogP contribution in [0, 0.1) is 0 Å². The first-order valence-corrected chi connectivity index (χ1v) is 6.84. The highest BCUT2D eigenvalue weighted by Gasteiger charge is 2.30. The van der Waals surface area contributed by atoms with Gasteiger partial charge in [0.2, 0.25) is 0 Å². The zero-order valence-electron chi connectivity index (χ0n) is 13.5. The third-order valence-corrected chi connectivity index (χ3v) is 3.13. The van der Waals surface area contributed by atoms with Crippen LogP contribution in [0.4, 0.5) is 10.5 Å². The Morgan fingerprint density at radius 2 is 1.52 bits per heavy atom. The molecule has 0 aromatic heterocycles. The summed E-state index contributed by atoms with van der Waals surface area (Å²) in [6, 6.07) is 7.17. The van der Waals surface area contributed by atoms with Gasteiger partial charge in [0, 0.05) is 5.69 Å². The lowest BCUT2D eigenvalue weighted by Gasteiger charge is -2.23. The Kier molecular flexibility index (Phi) is 4.99. The summed E-state index contributed by atoms with van der Waals surface area (Å²) in [5, 5.41) is 5.27. The highest BCUT2D eigenvalue weighted by atomic mass is 16.5. The minimum Gasteiger partial charge on any atom is -0.467 e. The molecule has 0 aliphatic rings. The van der Waals surface area contributed by atoms with Crippen LogP contribution < -0.4 is 10.6 Å². The molecule has 2 amide bonds. The normalized spacial score (nSPS) is 11.7. The van der Waals surface area contributed by atoms with Crippen molar-refractivity contribution in [2.75, 3.05) is 12.4 Å². The molecule has 0 saturated heterocycles. The first-order chi connectivity index (χ1) is 9.56. The molecule has 0 aliphatic carbocycles. The van der Waals surface area contributed by atoms with Gasteiger partial charge < -0.3 is 15.4 Å². The van der Waals surface area contributed by atoms with Gasteiger partial charge >= 0.3 is 12.0 Å². The molecule has 116 valence electrons. The summed E-state index contributed by atoms with van der Waals surface area (Å²) in [5.41, 5.74) is 0.835. The summed E-state index contributed by atoms with van der Waals surface area (Å²) < 4.78 is 4.64. The first-order valence-electron chi connectivity index (χ1n) is 6.84. The monoisotopic (exact) mass is 292 g/mol. The summed E-state index contributed by atoms with van der Waals surface area (Å²) in [6.45, 7) is 9.55. The molecular formula is C16H24N2O3. The average Bonchev–Trinajstić information content (AvgIpc) is 2.36. The van der Waals surface area contributed by atoms with Crippen molar-refractivity contribution in [2.24, 2.45) is 0 Å². The number of urea groups is 1. The number of rotatable bonds is 3. The minimum absolute atomic E-state index is 0.0632. The first kappa shape index (κ1) is 17.0. The number of anilines is 1. The summed E-state index contributed by atoms with van der Waals surface area (Å²) >= 11 is 0. The molecule has 2 N–H and O–H groups in total. The van der Waals surface area contributed by atoms with Gasteiger partial charge in [0.05, 0.1) is 7.11 Å². The maximum Gasteiger partial charge on any atom is 0.331 e. The number of methoxy groups -OCH3 is 1. The fourth-order valence-electron chi connectivity index (χ4n) is 1.81. The predicted octanol–water partition coefficient (Wildman–Crippen LogP) is 3.06. The standard InChI is InChI=1S/C16H24N2O3/c1-15(2,3)11-7-9-12(10-8-11)17-14(20)18-16(4,5)13(19)21-6/h7-10H,1-6H3,(H2,17,18,20).